The van der Waals surface area contributed by atoms with E-state index in [0.29, 0.717) is 25.5 Å². The van der Waals surface area contributed by atoms with Crippen LogP contribution in [0.5, 0.6) is 0 Å². The molecule has 100 valence electrons. The lowest BCUT2D eigenvalue weighted by Gasteiger charge is -2.16. The van der Waals surface area contributed by atoms with E-state index in [0.717, 1.165) is 5.69 Å². The largest absolute Gasteiger partial charge is 0.380 e. The Kier molecular flexibility index (Phi) is 5.22. The first kappa shape index (κ1) is 14.6. The number of hydrogen-bond acceptors (Lipinski definition) is 4. The molecule has 0 spiro atoms. The average molecular weight is 251 g/mol. The summed E-state index contributed by atoms with van der Waals surface area (Å²) in [6.07, 6.45) is 0. The second kappa shape index (κ2) is 6.44. The van der Waals surface area contributed by atoms with Gasteiger partial charge in [-0.3, -0.25) is 4.79 Å². The van der Waals surface area contributed by atoms with Gasteiger partial charge in [-0.15, -0.1) is 5.10 Å². The van der Waals surface area contributed by atoms with Crippen LogP contribution in [0.2, 0.25) is 0 Å². The van der Waals surface area contributed by atoms with Crippen LogP contribution < -0.4 is 5.32 Å². The maximum absolute atomic E-state index is 11.7. The monoisotopic (exact) mass is 251 g/mol. The predicted octanol–water partition coefficient (Wildman–Crippen LogP) is 1.54. The van der Waals surface area contributed by atoms with Crippen LogP contribution in [-0.4, -0.2) is 35.9 Å². The van der Waals surface area contributed by atoms with Crippen LogP contribution in [0.3, 0.4) is 0 Å². The zero-order valence-electron chi connectivity index (χ0n) is 11.5. The number of aromatic nitrogens is 2. The van der Waals surface area contributed by atoms with Gasteiger partial charge in [-0.2, -0.15) is 5.10 Å². The number of carbonyl (C=O) groups excluding carboxylic acids is 1. The number of rotatable bonds is 5. The number of carbonyl (C=O) groups is 1. The van der Waals surface area contributed by atoms with Crippen LogP contribution in [0.1, 0.15) is 43.9 Å². The fraction of sp³-hybridized carbons (Fsp3) is 0.615. The minimum absolute atomic E-state index is 0.0586. The van der Waals surface area contributed by atoms with Gasteiger partial charge >= 0.3 is 0 Å². The maximum Gasteiger partial charge on any atom is 0.271 e. The summed E-state index contributed by atoms with van der Waals surface area (Å²) in [4.78, 5) is 11.7. The molecule has 0 aliphatic heterocycles. The summed E-state index contributed by atoms with van der Waals surface area (Å²) in [6, 6.07) is 3.54. The van der Waals surface area contributed by atoms with Crippen LogP contribution in [-0.2, 0) is 10.2 Å². The Hall–Kier alpha value is -1.49. The van der Waals surface area contributed by atoms with Crippen molar-refractivity contribution in [3.05, 3.63) is 23.5 Å². The maximum atomic E-state index is 11.7. The van der Waals surface area contributed by atoms with Crippen LogP contribution in [0.25, 0.3) is 0 Å². The summed E-state index contributed by atoms with van der Waals surface area (Å²) in [5.74, 6) is -0.220. The van der Waals surface area contributed by atoms with E-state index in [2.05, 4.69) is 36.3 Å². The number of nitrogens with one attached hydrogen (secondary N) is 1. The molecule has 5 heteroatoms. The molecule has 1 N–H and O–H groups in total. The van der Waals surface area contributed by atoms with E-state index >= 15 is 0 Å². The van der Waals surface area contributed by atoms with Crippen LogP contribution in [0.15, 0.2) is 12.1 Å². The lowest BCUT2D eigenvalue weighted by atomic mass is 9.92. The van der Waals surface area contributed by atoms with Gasteiger partial charge in [0.05, 0.1) is 12.3 Å². The normalized spacial score (nSPS) is 11.3. The van der Waals surface area contributed by atoms with E-state index in [9.17, 15) is 4.79 Å². The molecule has 0 saturated carbocycles. The van der Waals surface area contributed by atoms with Crippen molar-refractivity contribution in [2.24, 2.45) is 0 Å². The van der Waals surface area contributed by atoms with Gasteiger partial charge in [0.15, 0.2) is 5.69 Å². The topological polar surface area (TPSA) is 64.1 Å². The van der Waals surface area contributed by atoms with Crippen molar-refractivity contribution in [3.63, 3.8) is 0 Å². The molecular weight excluding hydrogens is 230 g/mol. The van der Waals surface area contributed by atoms with Crippen LogP contribution in [0, 0.1) is 0 Å². The Morgan fingerprint density at radius 3 is 2.56 bits per heavy atom. The minimum Gasteiger partial charge on any atom is -0.380 e. The first-order valence-corrected chi connectivity index (χ1v) is 6.15. The fourth-order valence-corrected chi connectivity index (χ4v) is 1.32. The van der Waals surface area contributed by atoms with E-state index < -0.39 is 0 Å². The summed E-state index contributed by atoms with van der Waals surface area (Å²) in [5.41, 5.74) is 1.14. The van der Waals surface area contributed by atoms with Gasteiger partial charge in [-0.25, -0.2) is 0 Å². The SMILES string of the molecule is CCOCCNC(=O)c1ccc(C(C)(C)C)nn1. The Balaban J connectivity index is 2.54. The van der Waals surface area contributed by atoms with Crippen molar-refractivity contribution in [2.45, 2.75) is 33.1 Å². The number of ether oxygens (including phenoxy) is 1. The van der Waals surface area contributed by atoms with Gasteiger partial charge in [-0.05, 0) is 19.1 Å². The smallest absolute Gasteiger partial charge is 0.271 e. The second-order valence-electron chi connectivity index (χ2n) is 5.01. The van der Waals surface area contributed by atoms with Crippen LogP contribution >= 0.6 is 0 Å². The zero-order chi connectivity index (χ0) is 13.6. The molecule has 0 aliphatic carbocycles. The molecular formula is C13H21N3O2. The highest BCUT2D eigenvalue weighted by Crippen LogP contribution is 2.18. The van der Waals surface area contributed by atoms with Gasteiger partial charge < -0.3 is 10.1 Å². The Morgan fingerprint density at radius 2 is 2.06 bits per heavy atom. The summed E-state index contributed by atoms with van der Waals surface area (Å²) < 4.78 is 5.13. The summed E-state index contributed by atoms with van der Waals surface area (Å²) >= 11 is 0. The molecule has 0 unspecified atom stereocenters. The van der Waals surface area contributed by atoms with Gasteiger partial charge in [0, 0.05) is 18.6 Å². The van der Waals surface area contributed by atoms with Crippen molar-refractivity contribution >= 4 is 5.91 Å². The molecule has 18 heavy (non-hydrogen) atoms. The lowest BCUT2D eigenvalue weighted by Crippen LogP contribution is -2.28. The third-order valence-corrected chi connectivity index (χ3v) is 2.40. The minimum atomic E-state index is -0.220. The molecule has 0 aromatic carbocycles. The Bertz CT molecular complexity index is 382. The fourth-order valence-electron chi connectivity index (χ4n) is 1.32. The molecule has 1 aromatic rings. The highest BCUT2D eigenvalue weighted by Gasteiger charge is 2.16. The van der Waals surface area contributed by atoms with Gasteiger partial charge in [0.1, 0.15) is 0 Å². The highest BCUT2D eigenvalue weighted by molar-refractivity contribution is 5.91. The van der Waals surface area contributed by atoms with Crippen molar-refractivity contribution in [1.82, 2.24) is 15.5 Å². The third-order valence-electron chi connectivity index (χ3n) is 2.40. The molecule has 5 nitrogen and oxygen atoms in total. The van der Waals surface area contributed by atoms with E-state index in [-0.39, 0.29) is 11.3 Å². The molecule has 0 bridgehead atoms. The number of nitrogens with zero attached hydrogens (tertiary/aromatic N) is 2. The van der Waals surface area contributed by atoms with Crippen molar-refractivity contribution in [3.8, 4) is 0 Å². The van der Waals surface area contributed by atoms with Crippen molar-refractivity contribution < 1.29 is 9.53 Å². The number of hydrogen-bond donors (Lipinski definition) is 1. The second-order valence-corrected chi connectivity index (χ2v) is 5.01. The molecule has 0 fully saturated rings. The standard InChI is InChI=1S/C13H21N3O2/c1-5-18-9-8-14-12(17)10-6-7-11(16-15-10)13(2,3)4/h6-7H,5,8-9H2,1-4H3,(H,14,17). The molecule has 0 saturated heterocycles. The third kappa shape index (κ3) is 4.41. The quantitative estimate of drug-likeness (QED) is 0.806. The number of amides is 1. The average Bonchev–Trinajstić information content (AvgIpc) is 2.33. The van der Waals surface area contributed by atoms with Crippen LogP contribution in [0.4, 0.5) is 0 Å². The molecule has 0 radical (unpaired) electrons. The molecule has 1 amide bonds. The van der Waals surface area contributed by atoms with Crippen molar-refractivity contribution in [2.75, 3.05) is 19.8 Å². The van der Waals surface area contributed by atoms with Gasteiger partial charge in [0.25, 0.3) is 5.91 Å². The predicted molar refractivity (Wildman–Crippen MR) is 69.6 cm³/mol. The Morgan fingerprint density at radius 1 is 1.33 bits per heavy atom. The van der Waals surface area contributed by atoms with E-state index in [4.69, 9.17) is 4.74 Å². The zero-order valence-corrected chi connectivity index (χ0v) is 11.5. The van der Waals surface area contributed by atoms with Gasteiger partial charge in [0.2, 0.25) is 0 Å². The molecule has 1 heterocycles. The van der Waals surface area contributed by atoms with E-state index in [1.165, 1.54) is 0 Å². The lowest BCUT2D eigenvalue weighted by molar-refractivity contribution is 0.0916. The molecule has 1 aromatic heterocycles. The molecule has 1 rings (SSSR count). The summed E-state index contributed by atoms with van der Waals surface area (Å²) in [6.45, 7) is 9.72. The van der Waals surface area contributed by atoms with E-state index in [1.807, 2.05) is 13.0 Å². The van der Waals surface area contributed by atoms with Gasteiger partial charge in [-0.1, -0.05) is 20.8 Å². The first-order chi connectivity index (χ1) is 8.45. The highest BCUT2D eigenvalue weighted by atomic mass is 16.5. The first-order valence-electron chi connectivity index (χ1n) is 6.15. The van der Waals surface area contributed by atoms with E-state index in [1.54, 1.807) is 6.07 Å². The van der Waals surface area contributed by atoms with Crippen molar-refractivity contribution in [1.29, 1.82) is 0 Å². The molecule has 0 aliphatic rings. The summed E-state index contributed by atoms with van der Waals surface area (Å²) in [7, 11) is 0. The summed E-state index contributed by atoms with van der Waals surface area (Å²) in [5, 5.41) is 10.7. The Labute approximate surface area is 108 Å². The molecule has 0 atom stereocenters.